The molecule has 22 heavy (non-hydrogen) atoms. The third kappa shape index (κ3) is 2.52. The number of carbonyl (C=O) groups excluding carboxylic acids is 1. The molecule has 0 aliphatic carbocycles. The van der Waals surface area contributed by atoms with Crippen molar-refractivity contribution in [3.05, 3.63) is 53.1 Å². The Kier molecular flexibility index (Phi) is 3.98. The van der Waals surface area contributed by atoms with E-state index in [4.69, 9.17) is 4.74 Å². The van der Waals surface area contributed by atoms with Gasteiger partial charge in [0, 0.05) is 4.90 Å². The Morgan fingerprint density at radius 3 is 2.73 bits per heavy atom. The van der Waals surface area contributed by atoms with Crippen LogP contribution in [0.3, 0.4) is 0 Å². The van der Waals surface area contributed by atoms with Gasteiger partial charge in [-0.2, -0.15) is 0 Å². The van der Waals surface area contributed by atoms with Crippen molar-refractivity contribution in [1.82, 2.24) is 5.32 Å². The first-order valence-electron chi connectivity index (χ1n) is 7.03. The average molecular weight is 314 g/mol. The van der Waals surface area contributed by atoms with Crippen LogP contribution in [0.25, 0.3) is 0 Å². The molecule has 1 atom stereocenters. The van der Waals surface area contributed by atoms with Gasteiger partial charge in [0.05, 0.1) is 18.4 Å². The van der Waals surface area contributed by atoms with Crippen LogP contribution in [0.15, 0.2) is 41.3 Å². The van der Waals surface area contributed by atoms with E-state index >= 15 is 0 Å². The van der Waals surface area contributed by atoms with Crippen molar-refractivity contribution in [3.63, 3.8) is 0 Å². The monoisotopic (exact) mass is 314 g/mol. The van der Waals surface area contributed by atoms with E-state index in [9.17, 15) is 4.79 Å². The minimum atomic E-state index is -0.258. The third-order valence-electron chi connectivity index (χ3n) is 3.82. The molecule has 1 aliphatic heterocycles. The summed E-state index contributed by atoms with van der Waals surface area (Å²) in [7, 11) is 1.66. The normalized spacial score (nSPS) is 16.5. The summed E-state index contributed by atoms with van der Waals surface area (Å²) in [6.45, 7) is 2.00. The molecule has 5 heteroatoms. The average Bonchev–Trinajstić information content (AvgIpc) is 2.55. The molecule has 1 amide bonds. The van der Waals surface area contributed by atoms with Gasteiger partial charge in [0.15, 0.2) is 0 Å². The molecule has 1 unspecified atom stereocenters. The molecule has 1 aliphatic rings. The zero-order chi connectivity index (χ0) is 15.7. The van der Waals surface area contributed by atoms with Gasteiger partial charge >= 0.3 is 0 Å². The molecule has 0 fully saturated rings. The molecule has 0 spiro atoms. The minimum Gasteiger partial charge on any atom is -0.496 e. The molecule has 0 aromatic heterocycles. The van der Waals surface area contributed by atoms with E-state index in [0.717, 1.165) is 27.5 Å². The Morgan fingerprint density at radius 2 is 2.00 bits per heavy atom. The number of hydrogen-bond acceptors (Lipinski definition) is 4. The van der Waals surface area contributed by atoms with Gasteiger partial charge in [-0.25, -0.2) is 0 Å². The zero-order valence-electron chi connectivity index (χ0n) is 12.8. The minimum absolute atomic E-state index is 0.0599. The summed E-state index contributed by atoms with van der Waals surface area (Å²) in [5, 5.41) is 6.40. The van der Waals surface area contributed by atoms with Crippen molar-refractivity contribution in [2.45, 2.75) is 18.0 Å². The van der Waals surface area contributed by atoms with Crippen LogP contribution >= 0.6 is 11.8 Å². The van der Waals surface area contributed by atoms with Crippen molar-refractivity contribution >= 4 is 23.4 Å². The summed E-state index contributed by atoms with van der Waals surface area (Å²) in [4.78, 5) is 13.4. The third-order valence-corrected chi connectivity index (χ3v) is 4.60. The first-order valence-corrected chi connectivity index (χ1v) is 8.25. The predicted molar refractivity (Wildman–Crippen MR) is 89.8 cm³/mol. The highest BCUT2D eigenvalue weighted by molar-refractivity contribution is 7.98. The van der Waals surface area contributed by atoms with Gasteiger partial charge < -0.3 is 15.4 Å². The Hall–Kier alpha value is -2.14. The Bertz CT molecular complexity index is 731. The topological polar surface area (TPSA) is 50.4 Å². The Morgan fingerprint density at radius 1 is 1.18 bits per heavy atom. The molecule has 4 nitrogen and oxygen atoms in total. The summed E-state index contributed by atoms with van der Waals surface area (Å²) in [6, 6.07) is 11.7. The van der Waals surface area contributed by atoms with Crippen LogP contribution in [-0.2, 0) is 0 Å². The fourth-order valence-corrected chi connectivity index (χ4v) is 3.18. The van der Waals surface area contributed by atoms with Gasteiger partial charge in [0.25, 0.3) is 5.91 Å². The molecule has 114 valence electrons. The number of benzene rings is 2. The summed E-state index contributed by atoms with van der Waals surface area (Å²) >= 11 is 1.63. The number of ether oxygens (including phenoxy) is 1. The van der Waals surface area contributed by atoms with Gasteiger partial charge in [-0.3, -0.25) is 4.79 Å². The summed E-state index contributed by atoms with van der Waals surface area (Å²) in [6.07, 6.45) is 1.75. The van der Waals surface area contributed by atoms with Gasteiger partial charge in [-0.05, 0) is 42.5 Å². The summed E-state index contributed by atoms with van der Waals surface area (Å²) in [5.74, 6) is 0.756. The van der Waals surface area contributed by atoms with E-state index in [0.29, 0.717) is 5.56 Å². The Labute approximate surface area is 134 Å². The number of amides is 1. The molecule has 0 radical (unpaired) electrons. The highest BCUT2D eigenvalue weighted by atomic mass is 32.2. The highest BCUT2D eigenvalue weighted by Crippen LogP contribution is 2.33. The van der Waals surface area contributed by atoms with Crippen molar-refractivity contribution in [3.8, 4) is 5.75 Å². The van der Waals surface area contributed by atoms with Crippen LogP contribution in [0.2, 0.25) is 0 Å². The lowest BCUT2D eigenvalue weighted by atomic mass is 10.0. The van der Waals surface area contributed by atoms with E-state index in [1.165, 1.54) is 0 Å². The first kappa shape index (κ1) is 14.8. The molecule has 2 aromatic carbocycles. The number of hydrogen-bond donors (Lipinski definition) is 2. The number of nitrogens with one attached hydrogen (secondary N) is 2. The van der Waals surface area contributed by atoms with Crippen LogP contribution in [-0.4, -0.2) is 19.3 Å². The molecular formula is C17H18N2O2S. The smallest absolute Gasteiger partial charge is 0.255 e. The quantitative estimate of drug-likeness (QED) is 0.850. The van der Waals surface area contributed by atoms with Crippen molar-refractivity contribution < 1.29 is 9.53 Å². The highest BCUT2D eigenvalue weighted by Gasteiger charge is 2.26. The first-order chi connectivity index (χ1) is 10.6. The van der Waals surface area contributed by atoms with Gasteiger partial charge in [0.1, 0.15) is 11.9 Å². The van der Waals surface area contributed by atoms with E-state index in [2.05, 4.69) is 10.6 Å². The summed E-state index contributed by atoms with van der Waals surface area (Å²) in [5.41, 5.74) is 3.61. The second-order valence-corrected chi connectivity index (χ2v) is 6.01. The van der Waals surface area contributed by atoms with Crippen LogP contribution in [0.5, 0.6) is 5.75 Å². The second kappa shape index (κ2) is 5.93. The molecule has 0 saturated heterocycles. The number of para-hydroxylation sites is 1. The molecule has 0 bridgehead atoms. The maximum atomic E-state index is 12.3. The van der Waals surface area contributed by atoms with Crippen LogP contribution in [0.1, 0.15) is 27.7 Å². The molecule has 1 heterocycles. The largest absolute Gasteiger partial charge is 0.496 e. The van der Waals surface area contributed by atoms with Crippen LogP contribution in [0.4, 0.5) is 5.69 Å². The second-order valence-electron chi connectivity index (χ2n) is 5.16. The lowest BCUT2D eigenvalue weighted by molar-refractivity contribution is 0.0935. The number of aryl methyl sites for hydroxylation is 1. The van der Waals surface area contributed by atoms with Gasteiger partial charge in [0.2, 0.25) is 0 Å². The van der Waals surface area contributed by atoms with Gasteiger partial charge in [-0.15, -0.1) is 11.8 Å². The fourth-order valence-electron chi connectivity index (χ4n) is 2.64. The van der Waals surface area contributed by atoms with E-state index in [-0.39, 0.29) is 12.1 Å². The zero-order valence-corrected chi connectivity index (χ0v) is 13.6. The maximum Gasteiger partial charge on any atom is 0.255 e. The predicted octanol–water partition coefficient (Wildman–Crippen LogP) is 3.58. The molecule has 2 aromatic rings. The SMILES string of the molecule is COc1cc(C2NC(=O)c3cccc(C)c3N2)ccc1SC. The van der Waals surface area contributed by atoms with Crippen molar-refractivity contribution in [2.75, 3.05) is 18.7 Å². The van der Waals surface area contributed by atoms with Crippen molar-refractivity contribution in [2.24, 2.45) is 0 Å². The lowest BCUT2D eigenvalue weighted by Crippen LogP contribution is -2.38. The number of carbonyl (C=O) groups is 1. The number of anilines is 1. The van der Waals surface area contributed by atoms with Crippen LogP contribution < -0.4 is 15.4 Å². The lowest BCUT2D eigenvalue weighted by Gasteiger charge is -2.29. The Balaban J connectivity index is 1.98. The number of rotatable bonds is 3. The number of fused-ring (bicyclic) bond motifs is 1. The molecule has 0 saturated carbocycles. The molecule has 2 N–H and O–H groups in total. The molecular weight excluding hydrogens is 296 g/mol. The van der Waals surface area contributed by atoms with E-state index in [1.54, 1.807) is 18.9 Å². The van der Waals surface area contributed by atoms with Crippen molar-refractivity contribution in [1.29, 1.82) is 0 Å². The maximum absolute atomic E-state index is 12.3. The van der Waals surface area contributed by atoms with Crippen LogP contribution in [0, 0.1) is 6.92 Å². The van der Waals surface area contributed by atoms with E-state index < -0.39 is 0 Å². The number of thioether (sulfide) groups is 1. The number of methoxy groups -OCH3 is 1. The fraction of sp³-hybridized carbons (Fsp3) is 0.235. The standard InChI is InChI=1S/C17H18N2O2S/c1-10-5-4-6-12-15(10)18-16(19-17(12)20)11-7-8-14(22-3)13(9-11)21-2/h4-9,16,18H,1-3H3,(H,19,20). The van der Waals surface area contributed by atoms with Gasteiger partial charge in [-0.1, -0.05) is 18.2 Å². The summed E-state index contributed by atoms with van der Waals surface area (Å²) < 4.78 is 5.43. The molecule has 3 rings (SSSR count). The van der Waals surface area contributed by atoms with E-state index in [1.807, 2.05) is 49.6 Å².